The summed E-state index contributed by atoms with van der Waals surface area (Å²) in [7, 11) is 1.97. The zero-order valence-electron chi connectivity index (χ0n) is 11.5. The Balaban J connectivity index is 2.39. The molecule has 1 heterocycles. The lowest BCUT2D eigenvalue weighted by Gasteiger charge is -2.29. The molecule has 1 fully saturated rings. The van der Waals surface area contributed by atoms with Crippen molar-refractivity contribution < 1.29 is 4.79 Å². The highest BCUT2D eigenvalue weighted by atomic mass is 16.2. The summed E-state index contributed by atoms with van der Waals surface area (Å²) in [6, 6.07) is 0.527. The first kappa shape index (κ1) is 14.5. The number of amides is 1. The summed E-state index contributed by atoms with van der Waals surface area (Å²) in [4.78, 5) is 14.3. The van der Waals surface area contributed by atoms with Gasteiger partial charge in [-0.25, -0.2) is 0 Å². The minimum Gasteiger partial charge on any atom is -0.355 e. The van der Waals surface area contributed by atoms with Crippen LogP contribution in [0, 0.1) is 0 Å². The van der Waals surface area contributed by atoms with E-state index in [4.69, 9.17) is 0 Å². The molecule has 1 saturated heterocycles. The van der Waals surface area contributed by atoms with Gasteiger partial charge in [0, 0.05) is 19.1 Å². The molecule has 0 bridgehead atoms. The van der Waals surface area contributed by atoms with E-state index < -0.39 is 0 Å². The molecular formula is C13H27N3O. The van der Waals surface area contributed by atoms with Crippen LogP contribution in [-0.4, -0.2) is 49.6 Å². The van der Waals surface area contributed by atoms with Crippen LogP contribution >= 0.6 is 0 Å². The molecule has 1 amide bonds. The molecule has 2 unspecified atom stereocenters. The molecule has 1 aliphatic heterocycles. The Labute approximate surface area is 105 Å². The highest BCUT2D eigenvalue weighted by Gasteiger charge is 2.31. The number of unbranched alkanes of at least 4 members (excludes halogenated alkanes) is 1. The van der Waals surface area contributed by atoms with Gasteiger partial charge in [-0.3, -0.25) is 9.69 Å². The van der Waals surface area contributed by atoms with Gasteiger partial charge in [0.25, 0.3) is 0 Å². The monoisotopic (exact) mass is 241 g/mol. The summed E-state index contributed by atoms with van der Waals surface area (Å²) < 4.78 is 0. The second kappa shape index (κ2) is 7.67. The van der Waals surface area contributed by atoms with Gasteiger partial charge in [-0.1, -0.05) is 13.3 Å². The van der Waals surface area contributed by atoms with E-state index in [9.17, 15) is 4.79 Å². The first-order valence-electron chi connectivity index (χ1n) is 6.88. The van der Waals surface area contributed by atoms with Crippen LogP contribution in [0.1, 0.15) is 39.5 Å². The number of rotatable bonds is 7. The fourth-order valence-electron chi connectivity index (χ4n) is 2.51. The van der Waals surface area contributed by atoms with Crippen LogP contribution in [-0.2, 0) is 4.79 Å². The molecule has 4 nitrogen and oxygen atoms in total. The van der Waals surface area contributed by atoms with E-state index in [1.165, 1.54) is 12.8 Å². The molecule has 0 spiro atoms. The molecule has 0 aromatic rings. The van der Waals surface area contributed by atoms with Crippen molar-refractivity contribution in [1.29, 1.82) is 0 Å². The number of nitrogens with zero attached hydrogens (tertiary/aromatic N) is 1. The van der Waals surface area contributed by atoms with Gasteiger partial charge in [-0.15, -0.1) is 0 Å². The Morgan fingerprint density at radius 3 is 2.94 bits per heavy atom. The lowest BCUT2D eigenvalue weighted by atomic mass is 10.2. The zero-order valence-corrected chi connectivity index (χ0v) is 11.5. The van der Waals surface area contributed by atoms with E-state index in [2.05, 4.69) is 22.5 Å². The first-order valence-corrected chi connectivity index (χ1v) is 6.88. The van der Waals surface area contributed by atoms with Crippen LogP contribution in [0.3, 0.4) is 0 Å². The minimum atomic E-state index is 0.00714. The van der Waals surface area contributed by atoms with E-state index in [0.717, 1.165) is 32.5 Å². The molecule has 0 saturated carbocycles. The smallest absolute Gasteiger partial charge is 0.237 e. The zero-order chi connectivity index (χ0) is 12.7. The van der Waals surface area contributed by atoms with E-state index in [1.807, 2.05) is 14.0 Å². The number of hydrogen-bond donors (Lipinski definition) is 2. The van der Waals surface area contributed by atoms with Crippen LogP contribution < -0.4 is 10.6 Å². The van der Waals surface area contributed by atoms with Crippen molar-refractivity contribution in [3.8, 4) is 0 Å². The molecule has 100 valence electrons. The predicted molar refractivity (Wildman–Crippen MR) is 71.0 cm³/mol. The van der Waals surface area contributed by atoms with Gasteiger partial charge >= 0.3 is 0 Å². The maximum atomic E-state index is 12.0. The van der Waals surface area contributed by atoms with Gasteiger partial charge in [-0.05, 0) is 39.8 Å². The van der Waals surface area contributed by atoms with Crippen molar-refractivity contribution in [2.24, 2.45) is 0 Å². The molecule has 2 N–H and O–H groups in total. The average molecular weight is 241 g/mol. The number of hydrogen-bond acceptors (Lipinski definition) is 3. The molecule has 17 heavy (non-hydrogen) atoms. The summed E-state index contributed by atoms with van der Waals surface area (Å²) in [6.07, 6.45) is 4.60. The standard InChI is InChI=1S/C13H27N3O/c1-4-5-8-15-13(17)11(2)16-9-6-7-12(16)10-14-3/h11-12,14H,4-10H2,1-3H3,(H,15,17). The summed E-state index contributed by atoms with van der Waals surface area (Å²) in [5.41, 5.74) is 0. The molecule has 0 aliphatic carbocycles. The lowest BCUT2D eigenvalue weighted by molar-refractivity contribution is -0.126. The van der Waals surface area contributed by atoms with Crippen molar-refractivity contribution >= 4 is 5.91 Å². The highest BCUT2D eigenvalue weighted by Crippen LogP contribution is 2.19. The first-order chi connectivity index (χ1) is 8.20. The third-order valence-corrected chi connectivity index (χ3v) is 3.57. The molecule has 4 heteroatoms. The molecule has 2 atom stereocenters. The number of likely N-dealkylation sites (N-methyl/N-ethyl adjacent to an activating group) is 1. The number of carbonyl (C=O) groups is 1. The Bertz CT molecular complexity index is 233. The van der Waals surface area contributed by atoms with Gasteiger partial charge < -0.3 is 10.6 Å². The highest BCUT2D eigenvalue weighted by molar-refractivity contribution is 5.81. The van der Waals surface area contributed by atoms with E-state index >= 15 is 0 Å². The van der Waals surface area contributed by atoms with E-state index in [1.54, 1.807) is 0 Å². The van der Waals surface area contributed by atoms with Gasteiger partial charge in [0.2, 0.25) is 5.91 Å². The SMILES string of the molecule is CCCCNC(=O)C(C)N1CCCC1CNC. The quantitative estimate of drug-likeness (QED) is 0.653. The third kappa shape index (κ3) is 4.28. The van der Waals surface area contributed by atoms with Gasteiger partial charge in [-0.2, -0.15) is 0 Å². The Kier molecular flexibility index (Phi) is 6.52. The van der Waals surface area contributed by atoms with Crippen LogP contribution in [0.15, 0.2) is 0 Å². The molecule has 0 radical (unpaired) electrons. The van der Waals surface area contributed by atoms with Crippen molar-refractivity contribution in [2.45, 2.75) is 51.6 Å². The molecule has 1 aliphatic rings. The molecular weight excluding hydrogens is 214 g/mol. The number of likely N-dealkylation sites (tertiary alicyclic amines) is 1. The lowest BCUT2D eigenvalue weighted by Crippen LogP contribution is -2.49. The molecule has 0 aromatic carbocycles. The van der Waals surface area contributed by atoms with Crippen molar-refractivity contribution in [3.05, 3.63) is 0 Å². The van der Waals surface area contributed by atoms with Crippen LogP contribution in [0.4, 0.5) is 0 Å². The van der Waals surface area contributed by atoms with E-state index in [-0.39, 0.29) is 11.9 Å². The number of carbonyl (C=O) groups excluding carboxylic acids is 1. The number of nitrogens with one attached hydrogen (secondary N) is 2. The second-order valence-corrected chi connectivity index (χ2v) is 4.91. The summed E-state index contributed by atoms with van der Waals surface area (Å²) >= 11 is 0. The Morgan fingerprint density at radius 2 is 2.29 bits per heavy atom. The van der Waals surface area contributed by atoms with Gasteiger partial charge in [0.05, 0.1) is 6.04 Å². The third-order valence-electron chi connectivity index (χ3n) is 3.57. The minimum absolute atomic E-state index is 0.00714. The van der Waals surface area contributed by atoms with Gasteiger partial charge in [0.15, 0.2) is 0 Å². The average Bonchev–Trinajstić information content (AvgIpc) is 2.77. The van der Waals surface area contributed by atoms with Crippen LogP contribution in [0.5, 0.6) is 0 Å². The Hall–Kier alpha value is -0.610. The maximum absolute atomic E-state index is 12.0. The predicted octanol–water partition coefficient (Wildman–Crippen LogP) is 0.975. The van der Waals surface area contributed by atoms with Crippen molar-refractivity contribution in [1.82, 2.24) is 15.5 Å². The van der Waals surface area contributed by atoms with Gasteiger partial charge in [0.1, 0.15) is 0 Å². The second-order valence-electron chi connectivity index (χ2n) is 4.91. The topological polar surface area (TPSA) is 44.4 Å². The summed E-state index contributed by atoms with van der Waals surface area (Å²) in [5.74, 6) is 0.182. The van der Waals surface area contributed by atoms with E-state index in [0.29, 0.717) is 6.04 Å². The van der Waals surface area contributed by atoms with Crippen LogP contribution in [0.25, 0.3) is 0 Å². The summed E-state index contributed by atoms with van der Waals surface area (Å²) in [5, 5.41) is 6.23. The Morgan fingerprint density at radius 1 is 1.53 bits per heavy atom. The normalized spacial score (nSPS) is 22.6. The maximum Gasteiger partial charge on any atom is 0.237 e. The van der Waals surface area contributed by atoms with Crippen molar-refractivity contribution in [3.63, 3.8) is 0 Å². The molecule has 1 rings (SSSR count). The fraction of sp³-hybridized carbons (Fsp3) is 0.923. The fourth-order valence-corrected chi connectivity index (χ4v) is 2.51. The molecule has 0 aromatic heterocycles. The van der Waals surface area contributed by atoms with Crippen molar-refractivity contribution in [2.75, 3.05) is 26.7 Å². The van der Waals surface area contributed by atoms with Crippen LogP contribution in [0.2, 0.25) is 0 Å². The summed E-state index contributed by atoms with van der Waals surface area (Å²) in [6.45, 7) is 7.00. The largest absolute Gasteiger partial charge is 0.355 e.